The van der Waals surface area contributed by atoms with E-state index in [2.05, 4.69) is 6.92 Å². The molecule has 4 aliphatic rings. The van der Waals surface area contributed by atoms with Gasteiger partial charge in [-0.3, -0.25) is 14.4 Å². The Labute approximate surface area is 235 Å². The zero-order valence-electron chi connectivity index (χ0n) is 23.9. The molecular formula is C31H44F2O5S. The lowest BCUT2D eigenvalue weighted by Gasteiger charge is -2.63. The van der Waals surface area contributed by atoms with Crippen LogP contribution in [0.5, 0.6) is 0 Å². The van der Waals surface area contributed by atoms with E-state index in [0.717, 1.165) is 32.1 Å². The van der Waals surface area contributed by atoms with Crippen molar-refractivity contribution in [2.45, 2.75) is 116 Å². The van der Waals surface area contributed by atoms with Gasteiger partial charge in [0.2, 0.25) is 5.12 Å². The second-order valence-electron chi connectivity index (χ2n) is 12.6. The minimum absolute atomic E-state index is 0.0702. The van der Waals surface area contributed by atoms with Crippen LogP contribution in [0.15, 0.2) is 23.8 Å². The van der Waals surface area contributed by atoms with E-state index in [1.54, 1.807) is 13.8 Å². The van der Waals surface area contributed by atoms with Gasteiger partial charge in [-0.15, -0.1) is 0 Å². The first-order chi connectivity index (χ1) is 18.3. The first kappa shape index (κ1) is 30.4. The van der Waals surface area contributed by atoms with Gasteiger partial charge in [-0.2, -0.15) is 0 Å². The number of aliphatic hydroxyl groups excluding tert-OH is 1. The zero-order valence-corrected chi connectivity index (χ0v) is 24.8. The van der Waals surface area contributed by atoms with Gasteiger partial charge in [0.15, 0.2) is 17.1 Å². The minimum atomic E-state index is -2.23. The number of rotatable bonds is 9. The molecule has 4 aliphatic carbocycles. The largest absolute Gasteiger partial charge is 0.449 e. The van der Waals surface area contributed by atoms with Gasteiger partial charge in [-0.05, 0) is 56.3 Å². The molecule has 218 valence electrons. The molecule has 3 saturated carbocycles. The number of esters is 1. The van der Waals surface area contributed by atoms with Gasteiger partial charge in [-0.25, -0.2) is 8.78 Å². The van der Waals surface area contributed by atoms with E-state index >= 15 is 8.78 Å². The maximum absolute atomic E-state index is 17.5. The number of halogens is 2. The lowest BCUT2D eigenvalue weighted by molar-refractivity contribution is -0.228. The first-order valence-corrected chi connectivity index (χ1v) is 15.7. The van der Waals surface area contributed by atoms with Crippen LogP contribution in [0.1, 0.15) is 92.4 Å². The molecule has 9 atom stereocenters. The van der Waals surface area contributed by atoms with Crippen molar-refractivity contribution < 1.29 is 33.0 Å². The summed E-state index contributed by atoms with van der Waals surface area (Å²) < 4.78 is 39.3. The van der Waals surface area contributed by atoms with Gasteiger partial charge >= 0.3 is 5.97 Å². The summed E-state index contributed by atoms with van der Waals surface area (Å²) in [6.07, 6.45) is 6.17. The lowest BCUT2D eigenvalue weighted by atomic mass is 9.44. The predicted molar refractivity (Wildman–Crippen MR) is 149 cm³/mol. The fraction of sp³-hybridized carbons (Fsp3) is 0.774. The van der Waals surface area contributed by atoms with Crippen LogP contribution in [0.25, 0.3) is 0 Å². The molecule has 0 amide bonds. The van der Waals surface area contributed by atoms with Gasteiger partial charge in [0, 0.05) is 34.8 Å². The van der Waals surface area contributed by atoms with Gasteiger partial charge in [0.1, 0.15) is 6.17 Å². The van der Waals surface area contributed by atoms with E-state index in [1.165, 1.54) is 30.0 Å². The van der Waals surface area contributed by atoms with Crippen molar-refractivity contribution in [3.8, 4) is 0 Å². The molecule has 0 unspecified atom stereocenters. The average molecular weight is 567 g/mol. The van der Waals surface area contributed by atoms with Crippen LogP contribution in [-0.2, 0) is 19.1 Å². The Balaban J connectivity index is 1.72. The molecule has 0 bridgehead atoms. The molecule has 0 heterocycles. The highest BCUT2D eigenvalue weighted by atomic mass is 32.2. The molecule has 4 rings (SSSR count). The minimum Gasteiger partial charge on any atom is -0.449 e. The fourth-order valence-electron chi connectivity index (χ4n) is 8.45. The van der Waals surface area contributed by atoms with Gasteiger partial charge in [0.05, 0.1) is 6.10 Å². The summed E-state index contributed by atoms with van der Waals surface area (Å²) in [6, 6.07) is 0. The van der Waals surface area contributed by atoms with Crippen molar-refractivity contribution in [1.29, 1.82) is 0 Å². The lowest BCUT2D eigenvalue weighted by Crippen LogP contribution is -2.70. The van der Waals surface area contributed by atoms with Crippen LogP contribution >= 0.6 is 11.8 Å². The average Bonchev–Trinajstić information content (AvgIpc) is 3.11. The van der Waals surface area contributed by atoms with Crippen LogP contribution in [0.3, 0.4) is 0 Å². The predicted octanol–water partition coefficient (Wildman–Crippen LogP) is 6.47. The molecule has 8 heteroatoms. The number of alkyl halides is 2. The number of unbranched alkanes of at least 4 members (excludes halogenated alkanes) is 4. The van der Waals surface area contributed by atoms with Crippen molar-refractivity contribution in [3.05, 3.63) is 23.8 Å². The Morgan fingerprint density at radius 1 is 1.13 bits per heavy atom. The van der Waals surface area contributed by atoms with E-state index in [1.807, 2.05) is 13.8 Å². The highest BCUT2D eigenvalue weighted by Crippen LogP contribution is 2.72. The number of ketones is 1. The molecule has 0 aromatic carbocycles. The number of carbonyl (C=O) groups is 3. The Morgan fingerprint density at radius 2 is 1.82 bits per heavy atom. The van der Waals surface area contributed by atoms with E-state index in [9.17, 15) is 19.5 Å². The highest BCUT2D eigenvalue weighted by molar-refractivity contribution is 8.13. The van der Waals surface area contributed by atoms with Crippen molar-refractivity contribution in [2.24, 2.45) is 28.6 Å². The molecule has 0 spiro atoms. The fourth-order valence-corrected chi connectivity index (χ4v) is 9.67. The smallest absolute Gasteiger partial charge is 0.306 e. The molecule has 0 aromatic rings. The first-order valence-electron chi connectivity index (χ1n) is 14.7. The summed E-state index contributed by atoms with van der Waals surface area (Å²) in [5.74, 6) is -2.15. The van der Waals surface area contributed by atoms with Crippen molar-refractivity contribution in [2.75, 3.05) is 5.75 Å². The van der Waals surface area contributed by atoms with Crippen molar-refractivity contribution in [3.63, 3.8) is 0 Å². The third-order valence-corrected chi connectivity index (χ3v) is 11.6. The molecule has 0 saturated heterocycles. The maximum Gasteiger partial charge on any atom is 0.306 e. The van der Waals surface area contributed by atoms with E-state index < -0.39 is 58.1 Å². The maximum atomic E-state index is 17.5. The summed E-state index contributed by atoms with van der Waals surface area (Å²) >= 11 is 1.17. The number of thioether (sulfide) groups is 1. The van der Waals surface area contributed by atoms with Crippen LogP contribution in [0.2, 0.25) is 0 Å². The van der Waals surface area contributed by atoms with Gasteiger partial charge in [0.25, 0.3) is 0 Å². The number of allylic oxidation sites excluding steroid dienone is 4. The molecular weight excluding hydrogens is 522 g/mol. The van der Waals surface area contributed by atoms with Crippen LogP contribution in [-0.4, -0.2) is 51.3 Å². The van der Waals surface area contributed by atoms with Crippen LogP contribution in [0, 0.1) is 28.6 Å². The van der Waals surface area contributed by atoms with Crippen LogP contribution < -0.4 is 0 Å². The SMILES string of the molecule is CCCCCCCSC(=O)[C@@]1(OC(=O)CC)[C@H](C)C[C@H]2[C@@H]3C[C@H](F)C4=CC(=O)C=C[C@]4(C)[C@@]3(F)[C@@H](O)C[C@@]21C. The molecule has 0 aromatic heterocycles. The number of fused-ring (bicyclic) bond motifs is 5. The molecule has 0 radical (unpaired) electrons. The zero-order chi connectivity index (χ0) is 28.8. The molecule has 39 heavy (non-hydrogen) atoms. The molecule has 1 N–H and O–H groups in total. The van der Waals surface area contributed by atoms with Crippen molar-refractivity contribution in [1.82, 2.24) is 0 Å². The number of hydrogen-bond donors (Lipinski definition) is 1. The second-order valence-corrected chi connectivity index (χ2v) is 13.7. The number of aliphatic hydroxyl groups is 1. The van der Waals surface area contributed by atoms with Crippen LogP contribution in [0.4, 0.5) is 8.78 Å². The standard InChI is InChI=1S/C31H44F2O5S/c1-6-8-9-10-11-14-39-27(37)31(38-26(36)7-2)19(3)15-21-22-17-24(32)23-16-20(34)12-13-28(23,4)30(22,33)25(35)18-29(21,31)5/h12-13,16,19,21-22,24-25,35H,6-11,14-15,17-18H2,1-5H3/t19-,21+,22+,24+,25+,28+,29+,30+,31+/m1/s1. The summed E-state index contributed by atoms with van der Waals surface area (Å²) in [7, 11) is 0. The normalized spacial score (nSPS) is 42.8. The summed E-state index contributed by atoms with van der Waals surface area (Å²) in [6.45, 7) is 9.07. The molecule has 5 nitrogen and oxygen atoms in total. The van der Waals surface area contributed by atoms with Gasteiger partial charge in [-0.1, -0.05) is 71.2 Å². The third-order valence-electron chi connectivity index (χ3n) is 10.5. The Bertz CT molecular complexity index is 1060. The highest BCUT2D eigenvalue weighted by Gasteiger charge is 2.78. The third kappa shape index (κ3) is 4.47. The second kappa shape index (κ2) is 11.0. The Hall–Kier alpha value is -1.54. The molecule has 0 aliphatic heterocycles. The topological polar surface area (TPSA) is 80.7 Å². The number of ether oxygens (including phenoxy) is 1. The summed E-state index contributed by atoms with van der Waals surface area (Å²) in [5.41, 5.74) is -6.27. The Morgan fingerprint density at radius 3 is 2.49 bits per heavy atom. The molecule has 3 fully saturated rings. The summed E-state index contributed by atoms with van der Waals surface area (Å²) in [4.78, 5) is 39.0. The monoisotopic (exact) mass is 566 g/mol. The quantitative estimate of drug-likeness (QED) is 0.254. The van der Waals surface area contributed by atoms with E-state index in [0.29, 0.717) is 12.2 Å². The van der Waals surface area contributed by atoms with Crippen molar-refractivity contribution >= 4 is 28.6 Å². The van der Waals surface area contributed by atoms with E-state index in [-0.39, 0.29) is 35.7 Å². The number of carbonyl (C=O) groups excluding carboxylic acids is 3. The Kier molecular flexibility index (Phi) is 8.61. The van der Waals surface area contributed by atoms with Gasteiger partial charge < -0.3 is 9.84 Å². The number of hydrogen-bond acceptors (Lipinski definition) is 6. The van der Waals surface area contributed by atoms with E-state index in [4.69, 9.17) is 4.74 Å². The summed E-state index contributed by atoms with van der Waals surface area (Å²) in [5, 5.41) is 11.4.